The molecular weight excluding hydrogens is 309 g/mol. The molecule has 0 atom stereocenters. The summed E-state index contributed by atoms with van der Waals surface area (Å²) in [5, 5.41) is 2.41. The summed E-state index contributed by atoms with van der Waals surface area (Å²) in [7, 11) is 0. The fourth-order valence-electron chi connectivity index (χ4n) is 2.58. The number of carbonyl (C=O) groups excluding carboxylic acids is 1. The van der Waals surface area contributed by atoms with Gasteiger partial charge in [-0.15, -0.1) is 4.91 Å². The van der Waals surface area contributed by atoms with Crippen molar-refractivity contribution in [3.63, 3.8) is 0 Å². The lowest BCUT2D eigenvalue weighted by Crippen LogP contribution is -2.32. The number of unbranched alkanes of at least 4 members (excludes halogenated alkanes) is 2. The number of nitrogens with zero attached hydrogens (tertiary/aromatic N) is 2. The van der Waals surface area contributed by atoms with Crippen LogP contribution in [-0.2, 0) is 11.0 Å². The van der Waals surface area contributed by atoms with Gasteiger partial charge in [0.05, 0.1) is 5.56 Å². The van der Waals surface area contributed by atoms with Crippen molar-refractivity contribution in [3.05, 3.63) is 39.8 Å². The molecule has 1 aromatic carbocycles. The van der Waals surface area contributed by atoms with Crippen molar-refractivity contribution in [2.24, 2.45) is 5.18 Å². The van der Waals surface area contributed by atoms with E-state index in [1.165, 1.54) is 12.1 Å². The van der Waals surface area contributed by atoms with Crippen molar-refractivity contribution >= 4 is 17.7 Å². The van der Waals surface area contributed by atoms with E-state index < -0.39 is 17.6 Å². The van der Waals surface area contributed by atoms with E-state index in [-0.39, 0.29) is 12.1 Å². The smallest absolute Gasteiger partial charge is 0.366 e. The Hall–Kier alpha value is -2.18. The highest BCUT2D eigenvalue weighted by Gasteiger charge is 2.32. The molecule has 0 spiro atoms. The van der Waals surface area contributed by atoms with E-state index in [4.69, 9.17) is 0 Å². The Balaban J connectivity index is 2.40. The molecule has 0 aliphatic carbocycles. The summed E-state index contributed by atoms with van der Waals surface area (Å²) in [5.74, 6) is -0.879. The molecule has 23 heavy (non-hydrogen) atoms. The molecular formula is C16H17F3N2O2. The molecule has 1 amide bonds. The monoisotopic (exact) mass is 326 g/mol. The van der Waals surface area contributed by atoms with Crippen molar-refractivity contribution in [1.82, 2.24) is 0 Å². The van der Waals surface area contributed by atoms with Crippen LogP contribution >= 0.6 is 0 Å². The maximum Gasteiger partial charge on any atom is 0.416 e. The molecule has 1 aliphatic heterocycles. The van der Waals surface area contributed by atoms with E-state index in [1.54, 1.807) is 4.90 Å². The number of benzene rings is 1. The number of carbonyl (C=O) groups is 1. The van der Waals surface area contributed by atoms with Crippen LogP contribution < -0.4 is 4.90 Å². The van der Waals surface area contributed by atoms with Gasteiger partial charge in [0.15, 0.2) is 0 Å². The first-order valence-corrected chi connectivity index (χ1v) is 7.41. The summed E-state index contributed by atoms with van der Waals surface area (Å²) in [4.78, 5) is 23.7. The lowest BCUT2D eigenvalue weighted by molar-refractivity contribution is -0.137. The minimum absolute atomic E-state index is 0.0998. The SMILES string of the molecule is CCCCCN1CC(C(=O)N=O)=Cc2ccc(C(F)(F)F)cc21. The third-order valence-corrected chi connectivity index (χ3v) is 3.78. The average Bonchev–Trinajstić information content (AvgIpc) is 2.52. The Labute approximate surface area is 131 Å². The van der Waals surface area contributed by atoms with Gasteiger partial charge >= 0.3 is 12.1 Å². The van der Waals surface area contributed by atoms with Crippen molar-refractivity contribution in [2.75, 3.05) is 18.0 Å². The van der Waals surface area contributed by atoms with Gasteiger partial charge in [0.1, 0.15) is 0 Å². The Morgan fingerprint density at radius 2 is 2.04 bits per heavy atom. The fourth-order valence-corrected chi connectivity index (χ4v) is 2.58. The highest BCUT2D eigenvalue weighted by molar-refractivity contribution is 6.01. The zero-order valence-electron chi connectivity index (χ0n) is 12.7. The fraction of sp³-hybridized carbons (Fsp3) is 0.438. The van der Waals surface area contributed by atoms with Gasteiger partial charge in [0.25, 0.3) is 0 Å². The maximum absolute atomic E-state index is 12.9. The van der Waals surface area contributed by atoms with Crippen LogP contribution in [0.5, 0.6) is 0 Å². The molecule has 1 aromatic rings. The third kappa shape index (κ3) is 3.97. The van der Waals surface area contributed by atoms with Gasteiger partial charge in [-0.05, 0) is 30.2 Å². The van der Waals surface area contributed by atoms with E-state index in [0.717, 1.165) is 31.4 Å². The summed E-state index contributed by atoms with van der Waals surface area (Å²) in [6.07, 6.45) is -0.281. The van der Waals surface area contributed by atoms with E-state index in [0.29, 0.717) is 17.8 Å². The minimum Gasteiger partial charge on any atom is -0.366 e. The molecule has 0 saturated carbocycles. The quantitative estimate of drug-likeness (QED) is 0.595. The van der Waals surface area contributed by atoms with Gasteiger partial charge in [-0.2, -0.15) is 13.2 Å². The summed E-state index contributed by atoms with van der Waals surface area (Å²) >= 11 is 0. The summed E-state index contributed by atoms with van der Waals surface area (Å²) in [6.45, 7) is 2.64. The first-order chi connectivity index (χ1) is 10.9. The molecule has 7 heteroatoms. The van der Waals surface area contributed by atoms with Crippen LogP contribution in [0, 0.1) is 4.91 Å². The minimum atomic E-state index is -4.42. The molecule has 0 saturated heterocycles. The molecule has 0 unspecified atom stereocenters. The second-order valence-electron chi connectivity index (χ2n) is 5.47. The Bertz CT molecular complexity index is 639. The van der Waals surface area contributed by atoms with E-state index in [9.17, 15) is 22.9 Å². The molecule has 0 bridgehead atoms. The number of amides is 1. The van der Waals surface area contributed by atoms with Crippen molar-refractivity contribution < 1.29 is 18.0 Å². The number of hydrogen-bond donors (Lipinski definition) is 0. The molecule has 124 valence electrons. The molecule has 0 fully saturated rings. The van der Waals surface area contributed by atoms with Gasteiger partial charge in [-0.3, -0.25) is 4.79 Å². The molecule has 4 nitrogen and oxygen atoms in total. The second kappa shape index (κ2) is 6.93. The molecule has 0 N–H and O–H groups in total. The summed E-state index contributed by atoms with van der Waals surface area (Å²) in [6, 6.07) is 3.39. The van der Waals surface area contributed by atoms with Gasteiger partial charge < -0.3 is 4.90 Å². The zero-order chi connectivity index (χ0) is 17.0. The van der Waals surface area contributed by atoms with E-state index in [1.807, 2.05) is 6.92 Å². The van der Waals surface area contributed by atoms with E-state index in [2.05, 4.69) is 5.18 Å². The molecule has 2 rings (SSSR count). The number of fused-ring (bicyclic) bond motifs is 1. The van der Waals surface area contributed by atoms with Crippen LogP contribution in [0.25, 0.3) is 6.08 Å². The predicted octanol–water partition coefficient (Wildman–Crippen LogP) is 4.39. The van der Waals surface area contributed by atoms with Crippen LogP contribution in [0.15, 0.2) is 28.9 Å². The highest BCUT2D eigenvalue weighted by Crippen LogP contribution is 2.36. The zero-order valence-corrected chi connectivity index (χ0v) is 12.7. The van der Waals surface area contributed by atoms with Gasteiger partial charge in [-0.25, -0.2) is 0 Å². The Morgan fingerprint density at radius 3 is 2.65 bits per heavy atom. The van der Waals surface area contributed by atoms with Gasteiger partial charge in [0, 0.05) is 29.5 Å². The Kier molecular flexibility index (Phi) is 5.18. The molecule has 0 aromatic heterocycles. The van der Waals surface area contributed by atoms with Gasteiger partial charge in [0.2, 0.25) is 0 Å². The number of halogens is 3. The van der Waals surface area contributed by atoms with Crippen molar-refractivity contribution in [3.8, 4) is 0 Å². The standard InChI is InChI=1S/C16H17F3N2O2/c1-2-3-4-7-21-10-12(15(22)20-23)8-11-5-6-13(9-14(11)21)16(17,18)19/h5-6,8-9H,2-4,7,10H2,1H3. The van der Waals surface area contributed by atoms with Gasteiger partial charge in [-0.1, -0.05) is 25.8 Å². The number of anilines is 1. The number of rotatable bonds is 5. The van der Waals surface area contributed by atoms with Crippen LogP contribution in [0.4, 0.5) is 18.9 Å². The normalized spacial score (nSPS) is 14.3. The average molecular weight is 326 g/mol. The van der Waals surface area contributed by atoms with Crippen LogP contribution in [0.1, 0.15) is 37.3 Å². The second-order valence-corrected chi connectivity index (χ2v) is 5.47. The van der Waals surface area contributed by atoms with Crippen LogP contribution in [-0.4, -0.2) is 19.0 Å². The first-order valence-electron chi connectivity index (χ1n) is 7.41. The Morgan fingerprint density at radius 1 is 1.30 bits per heavy atom. The third-order valence-electron chi connectivity index (χ3n) is 3.78. The lowest BCUT2D eigenvalue weighted by Gasteiger charge is -2.31. The number of alkyl halides is 3. The summed E-state index contributed by atoms with van der Waals surface area (Å²) < 4.78 is 38.7. The summed E-state index contributed by atoms with van der Waals surface area (Å²) in [5.41, 5.74) is 0.392. The first kappa shape index (κ1) is 17.2. The number of nitroso groups, excluding NO2 is 1. The predicted molar refractivity (Wildman–Crippen MR) is 82.0 cm³/mol. The van der Waals surface area contributed by atoms with Crippen LogP contribution in [0.2, 0.25) is 0 Å². The van der Waals surface area contributed by atoms with Crippen LogP contribution in [0.3, 0.4) is 0 Å². The molecule has 1 heterocycles. The molecule has 1 aliphatic rings. The number of hydrogen-bond acceptors (Lipinski definition) is 3. The molecule has 0 radical (unpaired) electrons. The highest BCUT2D eigenvalue weighted by atomic mass is 19.4. The largest absolute Gasteiger partial charge is 0.416 e. The van der Waals surface area contributed by atoms with E-state index >= 15 is 0 Å². The maximum atomic E-state index is 12.9. The van der Waals surface area contributed by atoms with Crippen molar-refractivity contribution in [2.45, 2.75) is 32.4 Å². The topological polar surface area (TPSA) is 49.7 Å². The van der Waals surface area contributed by atoms with Crippen molar-refractivity contribution in [1.29, 1.82) is 0 Å². The lowest BCUT2D eigenvalue weighted by atomic mass is 9.99.